The Kier molecular flexibility index (Phi) is 1.90. The third kappa shape index (κ3) is 1.01. The van der Waals surface area contributed by atoms with Gasteiger partial charge in [0, 0.05) is 19.3 Å². The predicted octanol–water partition coefficient (Wildman–Crippen LogP) is 2.34. The Labute approximate surface area is 68.7 Å². The minimum atomic E-state index is 1.03. The van der Waals surface area contributed by atoms with Gasteiger partial charge >= 0.3 is 0 Å². The minimum Gasteiger partial charge on any atom is -0.374 e. The van der Waals surface area contributed by atoms with E-state index in [1.807, 2.05) is 0 Å². The van der Waals surface area contributed by atoms with E-state index in [1.54, 1.807) is 0 Å². The summed E-state index contributed by atoms with van der Waals surface area (Å²) in [7, 11) is 2.08. The van der Waals surface area contributed by atoms with Gasteiger partial charge in [0.25, 0.3) is 0 Å². The van der Waals surface area contributed by atoms with Gasteiger partial charge in [-0.05, 0) is 30.6 Å². The standard InChI is InChI=1S/C10H15N/c1-6-11(5)10-8(3)7(2)9(10)4/h2-3,6H2,1,4-5H3. The second kappa shape index (κ2) is 2.57. The smallest absolute Gasteiger partial charge is 0.0472 e. The van der Waals surface area contributed by atoms with Crippen LogP contribution in [-0.4, -0.2) is 18.5 Å². The first-order valence-corrected chi connectivity index (χ1v) is 3.90. The van der Waals surface area contributed by atoms with Gasteiger partial charge < -0.3 is 4.90 Å². The summed E-state index contributed by atoms with van der Waals surface area (Å²) in [4.78, 5) is 2.20. The molecule has 0 aliphatic heterocycles. The van der Waals surface area contributed by atoms with Crippen molar-refractivity contribution in [3.05, 3.63) is 35.6 Å². The van der Waals surface area contributed by atoms with E-state index in [0.717, 1.165) is 17.7 Å². The van der Waals surface area contributed by atoms with Crippen molar-refractivity contribution in [3.8, 4) is 0 Å². The monoisotopic (exact) mass is 149 g/mol. The van der Waals surface area contributed by atoms with Crippen LogP contribution in [0.3, 0.4) is 0 Å². The first-order chi connectivity index (χ1) is 5.09. The normalized spacial score (nSPS) is 17.0. The van der Waals surface area contributed by atoms with Gasteiger partial charge in [-0.2, -0.15) is 0 Å². The maximum absolute atomic E-state index is 3.94. The van der Waals surface area contributed by atoms with Crippen LogP contribution in [0.1, 0.15) is 13.8 Å². The number of nitrogens with zero attached hydrogens (tertiary/aromatic N) is 1. The highest BCUT2D eigenvalue weighted by atomic mass is 15.1. The van der Waals surface area contributed by atoms with Gasteiger partial charge in [0.1, 0.15) is 0 Å². The van der Waals surface area contributed by atoms with E-state index in [4.69, 9.17) is 0 Å². The summed E-state index contributed by atoms with van der Waals surface area (Å²) in [6.07, 6.45) is 0. The fourth-order valence-corrected chi connectivity index (χ4v) is 1.35. The zero-order valence-corrected chi connectivity index (χ0v) is 7.57. The quantitative estimate of drug-likeness (QED) is 0.582. The molecule has 0 saturated carbocycles. The molecule has 0 heterocycles. The molecule has 1 heteroatoms. The maximum Gasteiger partial charge on any atom is 0.0472 e. The number of allylic oxidation sites excluding steroid dienone is 2. The number of likely N-dealkylation sites (N-methyl/N-ethyl adjacent to an activating group) is 1. The summed E-state index contributed by atoms with van der Waals surface area (Å²) >= 11 is 0. The Morgan fingerprint density at radius 2 is 1.82 bits per heavy atom. The van der Waals surface area contributed by atoms with E-state index >= 15 is 0 Å². The molecule has 0 atom stereocenters. The van der Waals surface area contributed by atoms with Crippen LogP contribution in [0.5, 0.6) is 0 Å². The average Bonchev–Trinajstić information content (AvgIpc) is 2.04. The Bertz CT molecular complexity index is 246. The van der Waals surface area contributed by atoms with E-state index in [2.05, 4.69) is 39.0 Å². The highest BCUT2D eigenvalue weighted by Crippen LogP contribution is 2.38. The molecule has 0 aromatic heterocycles. The molecule has 0 fully saturated rings. The molecular weight excluding hydrogens is 134 g/mol. The fraction of sp³-hybridized carbons (Fsp3) is 0.400. The van der Waals surface area contributed by atoms with E-state index < -0.39 is 0 Å². The van der Waals surface area contributed by atoms with Gasteiger partial charge in [-0.25, -0.2) is 0 Å². The predicted molar refractivity (Wildman–Crippen MR) is 49.3 cm³/mol. The molecule has 0 N–H and O–H groups in total. The van der Waals surface area contributed by atoms with Crippen molar-refractivity contribution >= 4 is 0 Å². The SMILES string of the molecule is C=C1C(=C)C(N(C)CC)=C1C. The molecule has 1 nitrogen and oxygen atoms in total. The van der Waals surface area contributed by atoms with Gasteiger partial charge in [-0.1, -0.05) is 13.2 Å². The molecule has 11 heavy (non-hydrogen) atoms. The summed E-state index contributed by atoms with van der Waals surface area (Å²) in [6, 6.07) is 0. The van der Waals surface area contributed by atoms with Crippen LogP contribution in [0, 0.1) is 0 Å². The lowest BCUT2D eigenvalue weighted by molar-refractivity contribution is 0.439. The third-order valence-corrected chi connectivity index (χ3v) is 2.31. The lowest BCUT2D eigenvalue weighted by atomic mass is 9.84. The number of rotatable bonds is 2. The van der Waals surface area contributed by atoms with Crippen LogP contribution in [-0.2, 0) is 0 Å². The van der Waals surface area contributed by atoms with Crippen molar-refractivity contribution in [2.24, 2.45) is 0 Å². The first-order valence-electron chi connectivity index (χ1n) is 3.90. The molecule has 0 amide bonds. The molecular formula is C10H15N. The summed E-state index contributed by atoms with van der Waals surface area (Å²) in [5.74, 6) is 0. The molecule has 0 aromatic rings. The molecule has 0 unspecified atom stereocenters. The van der Waals surface area contributed by atoms with Gasteiger partial charge in [0.05, 0.1) is 0 Å². The highest BCUT2D eigenvalue weighted by Gasteiger charge is 2.24. The Hall–Kier alpha value is -0.980. The summed E-state index contributed by atoms with van der Waals surface area (Å²) in [6.45, 7) is 13.1. The second-order valence-corrected chi connectivity index (χ2v) is 2.94. The van der Waals surface area contributed by atoms with Gasteiger partial charge in [0.15, 0.2) is 0 Å². The van der Waals surface area contributed by atoms with Crippen molar-refractivity contribution in [2.45, 2.75) is 13.8 Å². The zero-order chi connectivity index (χ0) is 8.59. The Balaban J connectivity index is 2.91. The van der Waals surface area contributed by atoms with Crippen molar-refractivity contribution in [3.63, 3.8) is 0 Å². The van der Waals surface area contributed by atoms with Gasteiger partial charge in [0.2, 0.25) is 0 Å². The maximum atomic E-state index is 3.94. The molecule has 0 saturated heterocycles. The largest absolute Gasteiger partial charge is 0.374 e. The first kappa shape index (κ1) is 8.12. The van der Waals surface area contributed by atoms with Gasteiger partial charge in [-0.15, -0.1) is 0 Å². The van der Waals surface area contributed by atoms with Crippen molar-refractivity contribution in [1.82, 2.24) is 4.90 Å². The molecule has 1 aliphatic rings. The van der Waals surface area contributed by atoms with Crippen LogP contribution < -0.4 is 0 Å². The number of hydrogen-bond acceptors (Lipinski definition) is 1. The fourth-order valence-electron chi connectivity index (χ4n) is 1.35. The van der Waals surface area contributed by atoms with E-state index in [1.165, 1.54) is 11.3 Å². The second-order valence-electron chi connectivity index (χ2n) is 2.94. The molecule has 0 radical (unpaired) electrons. The third-order valence-electron chi connectivity index (χ3n) is 2.31. The molecule has 0 aromatic carbocycles. The van der Waals surface area contributed by atoms with E-state index in [-0.39, 0.29) is 0 Å². The topological polar surface area (TPSA) is 3.24 Å². The lowest BCUT2D eigenvalue weighted by Crippen LogP contribution is -2.26. The van der Waals surface area contributed by atoms with E-state index in [9.17, 15) is 0 Å². The van der Waals surface area contributed by atoms with Crippen molar-refractivity contribution < 1.29 is 0 Å². The Morgan fingerprint density at radius 3 is 2.18 bits per heavy atom. The molecule has 1 aliphatic carbocycles. The van der Waals surface area contributed by atoms with E-state index in [0.29, 0.717) is 0 Å². The summed E-state index contributed by atoms with van der Waals surface area (Å²) < 4.78 is 0. The van der Waals surface area contributed by atoms with Gasteiger partial charge in [-0.3, -0.25) is 0 Å². The zero-order valence-electron chi connectivity index (χ0n) is 7.57. The summed E-state index contributed by atoms with van der Waals surface area (Å²) in [5.41, 5.74) is 4.78. The highest BCUT2D eigenvalue weighted by molar-refractivity contribution is 5.65. The molecule has 60 valence electrons. The Morgan fingerprint density at radius 1 is 1.27 bits per heavy atom. The van der Waals surface area contributed by atoms with Crippen molar-refractivity contribution in [2.75, 3.05) is 13.6 Å². The molecule has 0 bridgehead atoms. The lowest BCUT2D eigenvalue weighted by Gasteiger charge is -2.34. The van der Waals surface area contributed by atoms with Crippen LogP contribution in [0.2, 0.25) is 0 Å². The van der Waals surface area contributed by atoms with Crippen LogP contribution in [0.4, 0.5) is 0 Å². The molecule has 0 spiro atoms. The average molecular weight is 149 g/mol. The van der Waals surface area contributed by atoms with Crippen molar-refractivity contribution in [1.29, 1.82) is 0 Å². The van der Waals surface area contributed by atoms with Crippen LogP contribution in [0.25, 0.3) is 0 Å². The molecule has 1 rings (SSSR count). The number of hydrogen-bond donors (Lipinski definition) is 0. The van der Waals surface area contributed by atoms with Crippen LogP contribution >= 0.6 is 0 Å². The van der Waals surface area contributed by atoms with Crippen LogP contribution in [0.15, 0.2) is 35.6 Å². The summed E-state index contributed by atoms with van der Waals surface area (Å²) in [5, 5.41) is 0. The minimum absolute atomic E-state index is 1.03.